The Morgan fingerprint density at radius 2 is 1.79 bits per heavy atom. The molecule has 164 valence electrons. The fraction of sp³-hybridized carbons (Fsp3) is 0.0870. The summed E-state index contributed by atoms with van der Waals surface area (Å²) in [6.45, 7) is 2.00. The number of nitrogens with zero attached hydrogens (tertiary/aromatic N) is 6. The first-order valence-corrected chi connectivity index (χ1v) is 10.6. The Balaban J connectivity index is 1.61. The normalized spacial score (nSPS) is 11.0. The van der Waals surface area contributed by atoms with E-state index in [1.54, 1.807) is 34.6 Å². The third kappa shape index (κ3) is 3.90. The molecule has 0 radical (unpaired) electrons. The van der Waals surface area contributed by atoms with Crippen molar-refractivity contribution in [1.82, 2.24) is 29.5 Å². The quantitative estimate of drug-likeness (QED) is 0.371. The van der Waals surface area contributed by atoms with Crippen LogP contribution in [0, 0.1) is 0 Å². The van der Waals surface area contributed by atoms with Crippen LogP contribution in [0.25, 0.3) is 22.4 Å². The molecule has 0 fully saturated rings. The van der Waals surface area contributed by atoms with Crippen LogP contribution >= 0.6 is 11.6 Å². The SMILES string of the molecule is CCOC(=O)c1cnn(-c2ccccc2)c1Nc1ncnc2c1cnn2-c1cccc(Cl)c1. The number of esters is 1. The summed E-state index contributed by atoms with van der Waals surface area (Å²) >= 11 is 6.15. The van der Waals surface area contributed by atoms with Crippen molar-refractivity contribution in [3.05, 3.63) is 83.9 Å². The van der Waals surface area contributed by atoms with Crippen LogP contribution in [0.5, 0.6) is 0 Å². The Hall–Kier alpha value is -4.24. The van der Waals surface area contributed by atoms with Gasteiger partial charge in [0.1, 0.15) is 23.5 Å². The smallest absolute Gasteiger partial charge is 0.343 e. The minimum atomic E-state index is -0.484. The Kier molecular flexibility index (Phi) is 5.45. The van der Waals surface area contributed by atoms with Gasteiger partial charge in [-0.25, -0.2) is 24.1 Å². The summed E-state index contributed by atoms with van der Waals surface area (Å²) < 4.78 is 8.52. The fourth-order valence-corrected chi connectivity index (χ4v) is 3.63. The topological polar surface area (TPSA) is 99.8 Å². The van der Waals surface area contributed by atoms with Crippen molar-refractivity contribution in [2.75, 3.05) is 11.9 Å². The second-order valence-electron chi connectivity index (χ2n) is 7.00. The van der Waals surface area contributed by atoms with Crippen LogP contribution in [0.1, 0.15) is 17.3 Å². The molecule has 5 rings (SSSR count). The average Bonchev–Trinajstić information content (AvgIpc) is 3.45. The van der Waals surface area contributed by atoms with Crippen molar-refractivity contribution >= 4 is 40.2 Å². The van der Waals surface area contributed by atoms with Gasteiger partial charge in [-0.05, 0) is 37.3 Å². The Bertz CT molecular complexity index is 1450. The van der Waals surface area contributed by atoms with Crippen molar-refractivity contribution in [3.8, 4) is 11.4 Å². The van der Waals surface area contributed by atoms with Crippen LogP contribution in [0.4, 0.5) is 11.6 Å². The molecule has 0 spiro atoms. The molecular formula is C23H18ClN7O2. The summed E-state index contributed by atoms with van der Waals surface area (Å²) in [5, 5.41) is 13.4. The molecule has 2 aromatic carbocycles. The standard InChI is InChI=1S/C23H18ClN7O2/c1-2-33-23(32)19-13-28-30(16-8-4-3-5-9-16)22(19)29-20-18-12-27-31(21(18)26-14-25-20)17-10-6-7-15(24)11-17/h3-14H,2H2,1H3,(H,25,26,29). The maximum Gasteiger partial charge on any atom is 0.343 e. The molecular weight excluding hydrogens is 442 g/mol. The zero-order chi connectivity index (χ0) is 22.8. The number of nitrogens with one attached hydrogen (secondary N) is 1. The number of hydrogen-bond donors (Lipinski definition) is 1. The molecule has 9 nitrogen and oxygen atoms in total. The fourth-order valence-electron chi connectivity index (χ4n) is 3.44. The van der Waals surface area contributed by atoms with Crippen molar-refractivity contribution in [3.63, 3.8) is 0 Å². The van der Waals surface area contributed by atoms with Crippen LogP contribution in [-0.2, 0) is 4.74 Å². The van der Waals surface area contributed by atoms with Gasteiger partial charge in [0.05, 0.1) is 35.8 Å². The van der Waals surface area contributed by atoms with Crippen molar-refractivity contribution in [2.45, 2.75) is 6.92 Å². The lowest BCUT2D eigenvalue weighted by molar-refractivity contribution is 0.0527. The number of ether oxygens (including phenoxy) is 1. The van der Waals surface area contributed by atoms with Gasteiger partial charge in [0.15, 0.2) is 5.65 Å². The third-order valence-corrected chi connectivity index (χ3v) is 5.16. The molecule has 0 saturated carbocycles. The second kappa shape index (κ2) is 8.71. The highest BCUT2D eigenvalue weighted by molar-refractivity contribution is 6.30. The lowest BCUT2D eigenvalue weighted by Gasteiger charge is -2.12. The number of para-hydroxylation sites is 1. The second-order valence-corrected chi connectivity index (χ2v) is 7.43. The number of benzene rings is 2. The predicted octanol–water partition coefficient (Wildman–Crippen LogP) is 4.57. The summed E-state index contributed by atoms with van der Waals surface area (Å²) in [7, 11) is 0. The summed E-state index contributed by atoms with van der Waals surface area (Å²) in [6, 6.07) is 16.8. The van der Waals surface area contributed by atoms with E-state index in [1.807, 2.05) is 42.5 Å². The summed E-state index contributed by atoms with van der Waals surface area (Å²) in [5.74, 6) is 0.411. The third-order valence-electron chi connectivity index (χ3n) is 4.92. The number of hydrogen-bond acceptors (Lipinski definition) is 7. The van der Waals surface area contributed by atoms with Crippen LogP contribution in [0.2, 0.25) is 5.02 Å². The molecule has 0 amide bonds. The van der Waals surface area contributed by atoms with Gasteiger partial charge >= 0.3 is 5.97 Å². The number of halogens is 1. The number of carbonyl (C=O) groups excluding carboxylic acids is 1. The highest BCUT2D eigenvalue weighted by atomic mass is 35.5. The molecule has 0 atom stereocenters. The molecule has 5 aromatic rings. The molecule has 0 bridgehead atoms. The molecule has 33 heavy (non-hydrogen) atoms. The molecule has 3 aromatic heterocycles. The molecule has 0 aliphatic rings. The van der Waals surface area contributed by atoms with Crippen molar-refractivity contribution < 1.29 is 9.53 Å². The molecule has 0 aliphatic carbocycles. The molecule has 0 aliphatic heterocycles. The van der Waals surface area contributed by atoms with E-state index in [2.05, 4.69) is 25.5 Å². The summed E-state index contributed by atoms with van der Waals surface area (Å²) in [6.07, 6.45) is 4.56. The Morgan fingerprint density at radius 1 is 1.00 bits per heavy atom. The first-order chi connectivity index (χ1) is 16.2. The van der Waals surface area contributed by atoms with Gasteiger partial charge in [-0.3, -0.25) is 0 Å². The van der Waals surface area contributed by atoms with Gasteiger partial charge in [-0.15, -0.1) is 0 Å². The van der Waals surface area contributed by atoms with Crippen molar-refractivity contribution in [1.29, 1.82) is 0 Å². The number of carbonyl (C=O) groups is 1. The zero-order valence-corrected chi connectivity index (χ0v) is 18.3. The van der Waals surface area contributed by atoms with Gasteiger partial charge in [0.25, 0.3) is 0 Å². The molecule has 1 N–H and O–H groups in total. The predicted molar refractivity (Wildman–Crippen MR) is 124 cm³/mol. The number of fused-ring (bicyclic) bond motifs is 1. The Labute approximate surface area is 193 Å². The van der Waals surface area contributed by atoms with Crippen LogP contribution in [-0.4, -0.2) is 42.1 Å². The summed E-state index contributed by atoms with van der Waals surface area (Å²) in [4.78, 5) is 21.4. The van der Waals surface area contributed by atoms with E-state index in [-0.39, 0.29) is 12.2 Å². The first-order valence-electron chi connectivity index (χ1n) is 10.2. The lowest BCUT2D eigenvalue weighted by atomic mass is 10.3. The largest absolute Gasteiger partial charge is 0.462 e. The van der Waals surface area contributed by atoms with E-state index < -0.39 is 5.97 Å². The number of rotatable bonds is 6. The molecule has 10 heteroatoms. The zero-order valence-electron chi connectivity index (χ0n) is 17.5. The maximum atomic E-state index is 12.6. The van der Waals surface area contributed by atoms with Crippen LogP contribution in [0.15, 0.2) is 73.3 Å². The summed E-state index contributed by atoms with van der Waals surface area (Å²) in [5.41, 5.74) is 2.41. The van der Waals surface area contributed by atoms with Gasteiger partial charge < -0.3 is 10.1 Å². The molecule has 0 unspecified atom stereocenters. The van der Waals surface area contributed by atoms with Gasteiger partial charge in [0, 0.05) is 5.02 Å². The van der Waals surface area contributed by atoms with Gasteiger partial charge in [-0.2, -0.15) is 10.2 Å². The van der Waals surface area contributed by atoms with E-state index in [0.29, 0.717) is 27.7 Å². The highest BCUT2D eigenvalue weighted by Gasteiger charge is 2.22. The first kappa shape index (κ1) is 20.7. The highest BCUT2D eigenvalue weighted by Crippen LogP contribution is 2.29. The average molecular weight is 460 g/mol. The molecule has 0 saturated heterocycles. The molecule has 3 heterocycles. The maximum absolute atomic E-state index is 12.6. The van der Waals surface area contributed by atoms with E-state index in [9.17, 15) is 4.79 Å². The van der Waals surface area contributed by atoms with E-state index in [0.717, 1.165) is 11.4 Å². The Morgan fingerprint density at radius 3 is 2.58 bits per heavy atom. The minimum Gasteiger partial charge on any atom is -0.462 e. The lowest BCUT2D eigenvalue weighted by Crippen LogP contribution is -2.10. The van der Waals surface area contributed by atoms with Crippen LogP contribution in [0.3, 0.4) is 0 Å². The van der Waals surface area contributed by atoms with Gasteiger partial charge in [-0.1, -0.05) is 35.9 Å². The van der Waals surface area contributed by atoms with Crippen molar-refractivity contribution in [2.24, 2.45) is 0 Å². The van der Waals surface area contributed by atoms with Gasteiger partial charge in [0.2, 0.25) is 0 Å². The monoisotopic (exact) mass is 459 g/mol. The number of aromatic nitrogens is 6. The van der Waals surface area contributed by atoms with Crippen LogP contribution < -0.4 is 5.32 Å². The van der Waals surface area contributed by atoms with E-state index in [4.69, 9.17) is 16.3 Å². The number of anilines is 2. The van der Waals surface area contributed by atoms with E-state index >= 15 is 0 Å². The van der Waals surface area contributed by atoms with E-state index in [1.165, 1.54) is 12.5 Å². The minimum absolute atomic E-state index is 0.249.